The van der Waals surface area contributed by atoms with Gasteiger partial charge in [0.15, 0.2) is 0 Å². The zero-order chi connectivity index (χ0) is 19.5. The van der Waals surface area contributed by atoms with E-state index in [-0.39, 0.29) is 24.4 Å². The summed E-state index contributed by atoms with van der Waals surface area (Å²) in [5, 5.41) is 6.12. The number of carbonyl (C=O) groups is 2. The van der Waals surface area contributed by atoms with E-state index in [2.05, 4.69) is 17.6 Å². The summed E-state index contributed by atoms with van der Waals surface area (Å²) in [6, 6.07) is 7.60. The summed E-state index contributed by atoms with van der Waals surface area (Å²) >= 11 is 0. The van der Waals surface area contributed by atoms with E-state index in [4.69, 9.17) is 9.47 Å². The first-order valence-electron chi connectivity index (χ1n) is 9.75. The quantitative estimate of drug-likeness (QED) is 0.576. The molecule has 1 atom stereocenters. The van der Waals surface area contributed by atoms with Crippen molar-refractivity contribution in [2.24, 2.45) is 0 Å². The number of carbonyl (C=O) groups excluding carboxylic acids is 2. The van der Waals surface area contributed by atoms with Crippen molar-refractivity contribution >= 4 is 11.8 Å². The van der Waals surface area contributed by atoms with Crippen molar-refractivity contribution in [3.05, 3.63) is 24.3 Å². The van der Waals surface area contributed by atoms with E-state index in [1.54, 1.807) is 4.90 Å². The summed E-state index contributed by atoms with van der Waals surface area (Å²) in [5.41, 5.74) is 0. The molecule has 0 aliphatic carbocycles. The molecule has 2 amide bonds. The molecule has 1 fully saturated rings. The summed E-state index contributed by atoms with van der Waals surface area (Å²) in [5.74, 6) is 1.39. The van der Waals surface area contributed by atoms with Crippen molar-refractivity contribution < 1.29 is 19.1 Å². The van der Waals surface area contributed by atoms with Crippen LogP contribution < -0.4 is 20.1 Å². The Balaban J connectivity index is 1.61. The van der Waals surface area contributed by atoms with E-state index in [1.807, 2.05) is 31.2 Å². The van der Waals surface area contributed by atoms with Crippen LogP contribution in [0.5, 0.6) is 11.5 Å². The summed E-state index contributed by atoms with van der Waals surface area (Å²) in [7, 11) is 0. The molecule has 27 heavy (non-hydrogen) atoms. The van der Waals surface area contributed by atoms with E-state index in [9.17, 15) is 9.59 Å². The fraction of sp³-hybridized carbons (Fsp3) is 0.600. The van der Waals surface area contributed by atoms with Crippen LogP contribution in [0, 0.1) is 0 Å². The maximum absolute atomic E-state index is 12.2. The molecule has 2 rings (SSSR count). The molecule has 2 N–H and O–H groups in total. The number of rotatable bonds is 11. The smallest absolute Gasteiger partial charge is 0.239 e. The highest BCUT2D eigenvalue weighted by atomic mass is 16.5. The monoisotopic (exact) mass is 377 g/mol. The molecule has 7 nitrogen and oxygen atoms in total. The second-order valence-corrected chi connectivity index (χ2v) is 6.60. The molecule has 0 bridgehead atoms. The lowest BCUT2D eigenvalue weighted by atomic mass is 10.0. The van der Waals surface area contributed by atoms with Crippen LogP contribution in [-0.4, -0.2) is 55.7 Å². The molecule has 1 aromatic carbocycles. The highest BCUT2D eigenvalue weighted by Gasteiger charge is 2.25. The number of nitrogens with one attached hydrogen (secondary N) is 2. The number of amides is 2. The molecular formula is C20H31N3O4. The van der Waals surface area contributed by atoms with Crippen LogP contribution in [0.2, 0.25) is 0 Å². The lowest BCUT2D eigenvalue weighted by molar-refractivity contribution is -0.139. The van der Waals surface area contributed by atoms with Gasteiger partial charge in [0.25, 0.3) is 0 Å². The first kappa shape index (κ1) is 21.0. The molecule has 1 unspecified atom stereocenters. The van der Waals surface area contributed by atoms with Gasteiger partial charge in [-0.1, -0.05) is 19.8 Å². The Morgan fingerprint density at radius 2 is 1.93 bits per heavy atom. The SMILES string of the molecule is CCCCC1CC(=O)N(CC(=O)NCCOc2ccc(OCC)cc2)CN1. The Morgan fingerprint density at radius 3 is 2.56 bits per heavy atom. The fourth-order valence-corrected chi connectivity index (χ4v) is 2.93. The van der Waals surface area contributed by atoms with Gasteiger partial charge in [-0.05, 0) is 37.6 Å². The Hall–Kier alpha value is -2.28. The van der Waals surface area contributed by atoms with Crippen molar-refractivity contribution in [3.8, 4) is 11.5 Å². The number of unbranched alkanes of at least 4 members (excludes halogenated alkanes) is 1. The minimum atomic E-state index is -0.174. The van der Waals surface area contributed by atoms with Crippen LogP contribution >= 0.6 is 0 Å². The topological polar surface area (TPSA) is 79.9 Å². The van der Waals surface area contributed by atoms with E-state index in [0.29, 0.717) is 32.8 Å². The summed E-state index contributed by atoms with van der Waals surface area (Å²) in [4.78, 5) is 25.8. The molecule has 1 aromatic rings. The summed E-state index contributed by atoms with van der Waals surface area (Å²) in [6.45, 7) is 5.97. The zero-order valence-corrected chi connectivity index (χ0v) is 16.3. The maximum atomic E-state index is 12.2. The van der Waals surface area contributed by atoms with Crippen LogP contribution in [0.3, 0.4) is 0 Å². The van der Waals surface area contributed by atoms with Crippen LogP contribution in [0.15, 0.2) is 24.3 Å². The lowest BCUT2D eigenvalue weighted by Crippen LogP contribution is -2.53. The largest absolute Gasteiger partial charge is 0.494 e. The van der Waals surface area contributed by atoms with Crippen molar-refractivity contribution in [1.82, 2.24) is 15.5 Å². The number of hydrogen-bond donors (Lipinski definition) is 2. The molecule has 0 saturated carbocycles. The van der Waals surface area contributed by atoms with Crippen LogP contribution in [0.1, 0.15) is 39.5 Å². The third-order valence-corrected chi connectivity index (χ3v) is 4.41. The zero-order valence-electron chi connectivity index (χ0n) is 16.3. The Morgan fingerprint density at radius 1 is 1.22 bits per heavy atom. The van der Waals surface area contributed by atoms with Crippen molar-refractivity contribution in [3.63, 3.8) is 0 Å². The minimum absolute atomic E-state index is 0.0376. The van der Waals surface area contributed by atoms with Crippen LogP contribution in [0.4, 0.5) is 0 Å². The molecule has 0 radical (unpaired) electrons. The number of benzene rings is 1. The highest BCUT2D eigenvalue weighted by Crippen LogP contribution is 2.17. The average molecular weight is 377 g/mol. The summed E-state index contributed by atoms with van der Waals surface area (Å²) in [6.07, 6.45) is 3.70. The average Bonchev–Trinajstić information content (AvgIpc) is 2.67. The van der Waals surface area contributed by atoms with Gasteiger partial charge in [-0.25, -0.2) is 0 Å². The van der Waals surface area contributed by atoms with E-state index < -0.39 is 0 Å². The van der Waals surface area contributed by atoms with Crippen LogP contribution in [0.25, 0.3) is 0 Å². The van der Waals surface area contributed by atoms with Crippen molar-refractivity contribution in [1.29, 1.82) is 0 Å². The van der Waals surface area contributed by atoms with Gasteiger partial charge in [-0.3, -0.25) is 14.9 Å². The molecule has 0 spiro atoms. The Kier molecular flexibility index (Phi) is 8.91. The van der Waals surface area contributed by atoms with Crippen LogP contribution in [-0.2, 0) is 9.59 Å². The third-order valence-electron chi connectivity index (χ3n) is 4.41. The van der Waals surface area contributed by atoms with Gasteiger partial charge < -0.3 is 19.7 Å². The van der Waals surface area contributed by atoms with Gasteiger partial charge in [0, 0.05) is 12.5 Å². The first-order valence-corrected chi connectivity index (χ1v) is 9.75. The first-order chi connectivity index (χ1) is 13.1. The minimum Gasteiger partial charge on any atom is -0.494 e. The molecule has 0 aromatic heterocycles. The predicted octanol–water partition coefficient (Wildman–Crippen LogP) is 1.92. The Labute approximate surface area is 161 Å². The van der Waals surface area contributed by atoms with Gasteiger partial charge >= 0.3 is 0 Å². The van der Waals surface area contributed by atoms with Gasteiger partial charge in [0.1, 0.15) is 24.7 Å². The molecule has 1 saturated heterocycles. The van der Waals surface area contributed by atoms with Gasteiger partial charge in [0.05, 0.1) is 19.8 Å². The van der Waals surface area contributed by atoms with E-state index in [0.717, 1.165) is 30.8 Å². The second-order valence-electron chi connectivity index (χ2n) is 6.60. The van der Waals surface area contributed by atoms with Gasteiger partial charge in [-0.15, -0.1) is 0 Å². The standard InChI is InChI=1S/C20H31N3O4/c1-3-5-6-16-13-20(25)23(15-22-16)14-19(24)21-11-12-27-18-9-7-17(8-10-18)26-4-2/h7-10,16,22H,3-6,11-15H2,1-2H3,(H,21,24). The molecular weight excluding hydrogens is 346 g/mol. The van der Waals surface area contributed by atoms with Crippen molar-refractivity contribution in [2.45, 2.75) is 45.6 Å². The second kappa shape index (κ2) is 11.4. The van der Waals surface area contributed by atoms with E-state index in [1.165, 1.54) is 0 Å². The molecule has 1 heterocycles. The summed E-state index contributed by atoms with van der Waals surface area (Å²) < 4.78 is 11.0. The molecule has 7 heteroatoms. The fourth-order valence-electron chi connectivity index (χ4n) is 2.93. The maximum Gasteiger partial charge on any atom is 0.239 e. The number of hydrogen-bond acceptors (Lipinski definition) is 5. The van der Waals surface area contributed by atoms with Gasteiger partial charge in [-0.2, -0.15) is 0 Å². The molecule has 1 aliphatic rings. The Bertz CT molecular complexity index is 591. The molecule has 1 aliphatic heterocycles. The predicted molar refractivity (Wildman–Crippen MR) is 104 cm³/mol. The highest BCUT2D eigenvalue weighted by molar-refractivity contribution is 5.85. The lowest BCUT2D eigenvalue weighted by Gasteiger charge is -2.32. The molecule has 150 valence electrons. The third kappa shape index (κ3) is 7.46. The van der Waals surface area contributed by atoms with E-state index >= 15 is 0 Å². The van der Waals surface area contributed by atoms with Crippen molar-refractivity contribution in [2.75, 3.05) is 33.0 Å². The normalized spacial score (nSPS) is 16.9. The number of nitrogens with zero attached hydrogens (tertiary/aromatic N) is 1. The van der Waals surface area contributed by atoms with Gasteiger partial charge in [0.2, 0.25) is 11.8 Å². The number of ether oxygens (including phenoxy) is 2.